The van der Waals surface area contributed by atoms with Gasteiger partial charge in [0.15, 0.2) is 0 Å². The molecule has 0 aliphatic rings. The maximum absolute atomic E-state index is 8.56. The Kier molecular flexibility index (Phi) is 8.64. The molecule has 2 heterocycles. The monoisotopic (exact) mass is 379 g/mol. The number of aliphatic hydroxyl groups is 1. The minimum atomic E-state index is 0.0903. The Labute approximate surface area is 148 Å². The number of nitrogens with two attached hydrogens (primary N) is 2. The van der Waals surface area contributed by atoms with Crippen molar-refractivity contribution in [1.82, 2.24) is 19.9 Å². The summed E-state index contributed by atoms with van der Waals surface area (Å²) in [5.74, 6) is 0.857. The summed E-state index contributed by atoms with van der Waals surface area (Å²) in [5.41, 5.74) is 10.6. The first-order valence-electron chi connectivity index (χ1n) is 6.51. The molecule has 11 heteroatoms. The van der Waals surface area contributed by atoms with E-state index in [-0.39, 0.29) is 28.8 Å². The lowest BCUT2D eigenvalue weighted by Gasteiger charge is -2.05. The summed E-state index contributed by atoms with van der Waals surface area (Å²) in [5, 5.41) is 12.4. The number of anilines is 3. The highest BCUT2D eigenvalue weighted by Gasteiger charge is 1.99. The molecule has 0 radical (unpaired) electrons. The van der Waals surface area contributed by atoms with Gasteiger partial charge in [-0.2, -0.15) is 4.98 Å². The number of aromatic nitrogens is 4. The molecule has 0 spiro atoms. The Morgan fingerprint density at radius 3 is 1.87 bits per heavy atom. The van der Waals surface area contributed by atoms with Crippen molar-refractivity contribution in [3.8, 4) is 0 Å². The summed E-state index contributed by atoms with van der Waals surface area (Å²) in [6, 6.07) is 3.02. The van der Waals surface area contributed by atoms with E-state index >= 15 is 0 Å². The highest BCUT2D eigenvalue weighted by molar-refractivity contribution is 6.33. The van der Waals surface area contributed by atoms with Crippen LogP contribution in [0.2, 0.25) is 15.5 Å². The van der Waals surface area contributed by atoms with Gasteiger partial charge in [-0.3, -0.25) is 0 Å². The van der Waals surface area contributed by atoms with Gasteiger partial charge >= 0.3 is 0 Å². The predicted molar refractivity (Wildman–Crippen MR) is 92.7 cm³/mol. The van der Waals surface area contributed by atoms with Crippen molar-refractivity contribution in [2.24, 2.45) is 0 Å². The summed E-state index contributed by atoms with van der Waals surface area (Å²) >= 11 is 16.5. The summed E-state index contributed by atoms with van der Waals surface area (Å²) in [6.07, 6.45) is 1.64. The minimum absolute atomic E-state index is 0.0903. The van der Waals surface area contributed by atoms with Crippen LogP contribution in [0.5, 0.6) is 0 Å². The molecule has 2 rings (SSSR count). The molecular weight excluding hydrogens is 365 g/mol. The first-order valence-corrected chi connectivity index (χ1v) is 7.64. The van der Waals surface area contributed by atoms with Crippen molar-refractivity contribution in [3.05, 3.63) is 27.6 Å². The van der Waals surface area contributed by atoms with Crippen molar-refractivity contribution in [2.45, 2.75) is 12.8 Å². The van der Waals surface area contributed by atoms with E-state index in [1.807, 2.05) is 0 Å². The molecule has 0 aliphatic carbocycles. The molecular formula is C12H16Cl3N7O. The van der Waals surface area contributed by atoms with Crippen LogP contribution in [-0.4, -0.2) is 38.2 Å². The smallest absolute Gasteiger partial charge is 0.223 e. The zero-order valence-corrected chi connectivity index (χ0v) is 14.3. The Balaban J connectivity index is 0.000000253. The van der Waals surface area contributed by atoms with Crippen molar-refractivity contribution in [3.63, 3.8) is 0 Å². The number of aliphatic hydroxyl groups excluding tert-OH is 1. The quantitative estimate of drug-likeness (QED) is 0.458. The van der Waals surface area contributed by atoms with Crippen LogP contribution in [0.4, 0.5) is 17.7 Å². The molecule has 0 saturated carbocycles. The van der Waals surface area contributed by atoms with E-state index in [0.717, 1.165) is 19.4 Å². The zero-order chi connectivity index (χ0) is 17.2. The molecule has 0 unspecified atom stereocenters. The van der Waals surface area contributed by atoms with Gasteiger partial charge in [-0.05, 0) is 12.8 Å². The molecule has 0 bridgehead atoms. The van der Waals surface area contributed by atoms with E-state index in [9.17, 15) is 0 Å². The van der Waals surface area contributed by atoms with Gasteiger partial charge < -0.3 is 21.9 Å². The second-order valence-corrected chi connectivity index (χ2v) is 5.32. The van der Waals surface area contributed by atoms with E-state index in [4.69, 9.17) is 51.4 Å². The van der Waals surface area contributed by atoms with Crippen molar-refractivity contribution < 1.29 is 5.11 Å². The van der Waals surface area contributed by atoms with Crippen molar-refractivity contribution in [2.75, 3.05) is 29.9 Å². The standard InChI is InChI=1S/C8H13ClN4O.C4H3Cl2N3/c9-6-5-7(13-8(10)12-6)11-3-1-2-4-14;5-2-1-3(6)9-4(7)8-2/h5,14H,1-4H2,(H3,10,11,12,13);1H,(H2,7,8,9). The van der Waals surface area contributed by atoms with Crippen LogP contribution < -0.4 is 16.8 Å². The topological polar surface area (TPSA) is 136 Å². The lowest BCUT2D eigenvalue weighted by atomic mass is 10.3. The van der Waals surface area contributed by atoms with Crippen molar-refractivity contribution >= 4 is 52.5 Å². The second-order valence-electron chi connectivity index (χ2n) is 4.16. The summed E-state index contributed by atoms with van der Waals surface area (Å²) in [6.45, 7) is 0.932. The Bertz CT molecular complexity index is 559. The van der Waals surface area contributed by atoms with Gasteiger partial charge in [0.05, 0.1) is 0 Å². The SMILES string of the molecule is Nc1nc(Cl)cc(Cl)n1.Nc1nc(Cl)cc(NCCCCO)n1. The third-order valence-corrected chi connectivity index (χ3v) is 2.86. The molecule has 0 aliphatic heterocycles. The maximum Gasteiger partial charge on any atom is 0.223 e. The van der Waals surface area contributed by atoms with Gasteiger partial charge in [0, 0.05) is 25.3 Å². The molecule has 0 fully saturated rings. The Morgan fingerprint density at radius 1 is 0.870 bits per heavy atom. The highest BCUT2D eigenvalue weighted by Crippen LogP contribution is 2.12. The predicted octanol–water partition coefficient (Wildman–Crippen LogP) is 2.26. The van der Waals surface area contributed by atoms with Gasteiger partial charge in [-0.1, -0.05) is 34.8 Å². The van der Waals surface area contributed by atoms with Crippen LogP contribution in [0.15, 0.2) is 12.1 Å². The average molecular weight is 381 g/mol. The molecule has 2 aromatic heterocycles. The van der Waals surface area contributed by atoms with Crippen molar-refractivity contribution in [1.29, 1.82) is 0 Å². The number of rotatable bonds is 5. The van der Waals surface area contributed by atoms with Crippen LogP contribution in [0.3, 0.4) is 0 Å². The van der Waals surface area contributed by atoms with Crippen LogP contribution >= 0.6 is 34.8 Å². The number of unbranched alkanes of at least 4 members (excludes halogenated alkanes) is 1. The fraction of sp³-hybridized carbons (Fsp3) is 0.333. The third-order valence-electron chi connectivity index (χ3n) is 2.28. The normalized spacial score (nSPS) is 9.91. The largest absolute Gasteiger partial charge is 0.396 e. The van der Waals surface area contributed by atoms with Crippen LogP contribution in [0.25, 0.3) is 0 Å². The molecule has 6 N–H and O–H groups in total. The molecule has 8 nitrogen and oxygen atoms in total. The van der Waals surface area contributed by atoms with Gasteiger partial charge in [0.1, 0.15) is 21.3 Å². The minimum Gasteiger partial charge on any atom is -0.396 e. The van der Waals surface area contributed by atoms with Crippen LogP contribution in [-0.2, 0) is 0 Å². The van der Waals surface area contributed by atoms with Crippen LogP contribution in [0, 0.1) is 0 Å². The number of nitrogens with zero attached hydrogens (tertiary/aromatic N) is 4. The van der Waals surface area contributed by atoms with Gasteiger partial charge in [0.25, 0.3) is 0 Å². The molecule has 0 atom stereocenters. The molecule has 23 heavy (non-hydrogen) atoms. The number of halogens is 3. The number of nitrogens with one attached hydrogen (secondary N) is 1. The number of hydrogen-bond acceptors (Lipinski definition) is 8. The van der Waals surface area contributed by atoms with Gasteiger partial charge in [-0.25, -0.2) is 15.0 Å². The molecule has 0 amide bonds. The fourth-order valence-electron chi connectivity index (χ4n) is 1.39. The first kappa shape index (κ1) is 19.4. The lowest BCUT2D eigenvalue weighted by molar-refractivity contribution is 0.286. The number of hydrogen-bond donors (Lipinski definition) is 4. The molecule has 0 saturated heterocycles. The van der Waals surface area contributed by atoms with Gasteiger partial charge in [-0.15, -0.1) is 0 Å². The zero-order valence-electron chi connectivity index (χ0n) is 12.0. The van der Waals surface area contributed by atoms with E-state index in [1.165, 1.54) is 6.07 Å². The van der Waals surface area contributed by atoms with Crippen LogP contribution in [0.1, 0.15) is 12.8 Å². The summed E-state index contributed by atoms with van der Waals surface area (Å²) < 4.78 is 0. The average Bonchev–Trinajstić information content (AvgIpc) is 2.42. The molecule has 0 aromatic carbocycles. The highest BCUT2D eigenvalue weighted by atomic mass is 35.5. The number of nitrogen functional groups attached to an aromatic ring is 2. The van der Waals surface area contributed by atoms with E-state index < -0.39 is 0 Å². The second kappa shape index (κ2) is 10.2. The fourth-order valence-corrected chi connectivity index (χ4v) is 2.01. The lowest BCUT2D eigenvalue weighted by Crippen LogP contribution is -2.06. The summed E-state index contributed by atoms with van der Waals surface area (Å²) in [4.78, 5) is 14.8. The van der Waals surface area contributed by atoms with E-state index in [0.29, 0.717) is 11.0 Å². The molecule has 126 valence electrons. The summed E-state index contributed by atoms with van der Waals surface area (Å²) in [7, 11) is 0. The Morgan fingerprint density at radius 2 is 1.39 bits per heavy atom. The molecule has 2 aromatic rings. The van der Waals surface area contributed by atoms with E-state index in [2.05, 4.69) is 25.3 Å². The Hall–Kier alpha value is -1.61. The first-order chi connectivity index (χ1) is 10.9. The van der Waals surface area contributed by atoms with Gasteiger partial charge in [0.2, 0.25) is 11.9 Å². The third kappa shape index (κ3) is 8.56. The van der Waals surface area contributed by atoms with E-state index in [1.54, 1.807) is 6.07 Å². The maximum atomic E-state index is 8.56.